The summed E-state index contributed by atoms with van der Waals surface area (Å²) in [6, 6.07) is 0. The molecule has 2 fully saturated rings. The lowest BCUT2D eigenvalue weighted by atomic mass is 9.97. The first kappa shape index (κ1) is 12.8. The van der Waals surface area contributed by atoms with Gasteiger partial charge >= 0.3 is 0 Å². The molecule has 0 aromatic rings. The summed E-state index contributed by atoms with van der Waals surface area (Å²) in [4.78, 5) is 13.9. The van der Waals surface area contributed by atoms with Gasteiger partial charge in [-0.15, -0.1) is 0 Å². The van der Waals surface area contributed by atoms with Crippen molar-refractivity contribution in [3.8, 4) is 0 Å². The zero-order valence-corrected chi connectivity index (χ0v) is 10.9. The van der Waals surface area contributed by atoms with Gasteiger partial charge in [-0.05, 0) is 31.2 Å². The molecule has 2 aliphatic rings. The van der Waals surface area contributed by atoms with E-state index in [1.165, 1.54) is 12.8 Å². The smallest absolute Gasteiger partial charge is 0.227 e. The van der Waals surface area contributed by atoms with Gasteiger partial charge in [-0.3, -0.25) is 4.79 Å². The fourth-order valence-electron chi connectivity index (χ4n) is 2.27. The number of nitrogens with zero attached hydrogens (tertiary/aromatic N) is 1. The van der Waals surface area contributed by atoms with Gasteiger partial charge in [-0.2, -0.15) is 0 Å². The Hall–Kier alpha value is -0.610. The monoisotopic (exact) mass is 240 g/mol. The highest BCUT2D eigenvalue weighted by Gasteiger charge is 2.31. The topological polar surface area (TPSA) is 41.6 Å². The second-order valence-corrected chi connectivity index (χ2v) is 5.52. The van der Waals surface area contributed by atoms with Crippen molar-refractivity contribution in [2.75, 3.05) is 39.9 Å². The Bertz CT molecular complexity index is 266. The van der Waals surface area contributed by atoms with Crippen LogP contribution >= 0.6 is 0 Å². The van der Waals surface area contributed by atoms with Crippen molar-refractivity contribution in [1.82, 2.24) is 10.2 Å². The van der Waals surface area contributed by atoms with Crippen LogP contribution in [0.3, 0.4) is 0 Å². The number of hydrogen-bond acceptors (Lipinski definition) is 3. The third kappa shape index (κ3) is 3.68. The Balaban J connectivity index is 1.63. The van der Waals surface area contributed by atoms with Gasteiger partial charge in [0.25, 0.3) is 0 Å². The highest BCUT2D eigenvalue weighted by atomic mass is 16.5. The van der Waals surface area contributed by atoms with Crippen molar-refractivity contribution in [3.05, 3.63) is 0 Å². The average molecular weight is 240 g/mol. The van der Waals surface area contributed by atoms with Gasteiger partial charge in [-0.25, -0.2) is 0 Å². The predicted molar refractivity (Wildman–Crippen MR) is 66.7 cm³/mol. The number of ether oxygens (including phenoxy) is 1. The van der Waals surface area contributed by atoms with Crippen LogP contribution in [0.5, 0.6) is 0 Å². The van der Waals surface area contributed by atoms with Gasteiger partial charge < -0.3 is 15.0 Å². The summed E-state index contributed by atoms with van der Waals surface area (Å²) in [6.45, 7) is 6.20. The maximum atomic E-state index is 12.1. The molecular weight excluding hydrogens is 216 g/mol. The number of carbonyl (C=O) groups is 1. The molecule has 0 spiro atoms. The van der Waals surface area contributed by atoms with Gasteiger partial charge in [0.05, 0.1) is 12.5 Å². The highest BCUT2D eigenvalue weighted by molar-refractivity contribution is 5.79. The van der Waals surface area contributed by atoms with Gasteiger partial charge in [-0.1, -0.05) is 6.92 Å². The van der Waals surface area contributed by atoms with Crippen molar-refractivity contribution in [2.24, 2.45) is 17.8 Å². The van der Waals surface area contributed by atoms with Gasteiger partial charge in [0, 0.05) is 26.7 Å². The van der Waals surface area contributed by atoms with Crippen LogP contribution in [0.4, 0.5) is 0 Å². The normalized spacial score (nSPS) is 28.4. The SMILES string of the molecule is CC1CNCC1C(=O)N(C)CCOCC1CC1. The fraction of sp³-hybridized carbons (Fsp3) is 0.923. The summed E-state index contributed by atoms with van der Waals surface area (Å²) in [6.07, 6.45) is 2.64. The lowest BCUT2D eigenvalue weighted by molar-refractivity contribution is -0.135. The van der Waals surface area contributed by atoms with E-state index in [2.05, 4.69) is 12.2 Å². The Morgan fingerprint density at radius 2 is 2.18 bits per heavy atom. The molecule has 4 heteroatoms. The molecule has 0 aromatic carbocycles. The summed E-state index contributed by atoms with van der Waals surface area (Å²) in [5, 5.41) is 3.27. The molecule has 17 heavy (non-hydrogen) atoms. The summed E-state index contributed by atoms with van der Waals surface area (Å²) in [5.74, 6) is 1.67. The van der Waals surface area contributed by atoms with Crippen molar-refractivity contribution < 1.29 is 9.53 Å². The predicted octanol–water partition coefficient (Wildman–Crippen LogP) is 0.727. The maximum Gasteiger partial charge on any atom is 0.227 e. The lowest BCUT2D eigenvalue weighted by Gasteiger charge is -2.22. The van der Waals surface area contributed by atoms with Crippen molar-refractivity contribution >= 4 is 5.91 Å². The van der Waals surface area contributed by atoms with Crippen LogP contribution in [-0.2, 0) is 9.53 Å². The molecule has 98 valence electrons. The van der Waals surface area contributed by atoms with E-state index in [9.17, 15) is 4.79 Å². The summed E-state index contributed by atoms with van der Waals surface area (Å²) < 4.78 is 5.56. The molecule has 4 nitrogen and oxygen atoms in total. The minimum atomic E-state index is 0.156. The number of carbonyl (C=O) groups excluding carboxylic acids is 1. The van der Waals surface area contributed by atoms with Crippen molar-refractivity contribution in [2.45, 2.75) is 19.8 Å². The quantitative estimate of drug-likeness (QED) is 0.696. The first-order valence-corrected chi connectivity index (χ1v) is 6.72. The number of amides is 1. The van der Waals surface area contributed by atoms with Crippen molar-refractivity contribution in [1.29, 1.82) is 0 Å². The molecule has 1 aliphatic heterocycles. The van der Waals surface area contributed by atoms with E-state index >= 15 is 0 Å². The molecule has 1 saturated carbocycles. The lowest BCUT2D eigenvalue weighted by Crippen LogP contribution is -2.38. The van der Waals surface area contributed by atoms with Gasteiger partial charge in [0.2, 0.25) is 5.91 Å². The third-order valence-corrected chi connectivity index (χ3v) is 3.83. The molecule has 0 bridgehead atoms. The number of hydrogen-bond donors (Lipinski definition) is 1. The van der Waals surface area contributed by atoms with E-state index in [1.807, 2.05) is 11.9 Å². The molecular formula is C13H24N2O2. The molecule has 0 aromatic heterocycles. The van der Waals surface area contributed by atoms with Crippen LogP contribution in [-0.4, -0.2) is 50.7 Å². The Labute approximate surface area is 104 Å². The number of rotatable bonds is 6. The second-order valence-electron chi connectivity index (χ2n) is 5.52. The minimum Gasteiger partial charge on any atom is -0.379 e. The van der Waals surface area contributed by atoms with Crippen molar-refractivity contribution in [3.63, 3.8) is 0 Å². The summed E-state index contributed by atoms with van der Waals surface area (Å²) in [5.41, 5.74) is 0. The average Bonchev–Trinajstić information content (AvgIpc) is 3.04. The van der Waals surface area contributed by atoms with E-state index in [-0.39, 0.29) is 11.8 Å². The molecule has 0 radical (unpaired) electrons. The molecule has 2 unspecified atom stereocenters. The summed E-state index contributed by atoms with van der Waals surface area (Å²) in [7, 11) is 1.88. The minimum absolute atomic E-state index is 0.156. The molecule has 1 aliphatic carbocycles. The van der Waals surface area contributed by atoms with Gasteiger partial charge in [0.15, 0.2) is 0 Å². The standard InChI is InChI=1S/C13H24N2O2/c1-10-7-14-8-12(10)13(16)15(2)5-6-17-9-11-3-4-11/h10-12,14H,3-9H2,1-2H3. The highest BCUT2D eigenvalue weighted by Crippen LogP contribution is 2.28. The Morgan fingerprint density at radius 3 is 2.76 bits per heavy atom. The maximum absolute atomic E-state index is 12.1. The second kappa shape index (κ2) is 5.83. The van der Waals surface area contributed by atoms with Gasteiger partial charge in [0.1, 0.15) is 0 Å². The van der Waals surface area contributed by atoms with Crippen LogP contribution in [0.1, 0.15) is 19.8 Å². The van der Waals surface area contributed by atoms with E-state index in [0.717, 1.165) is 32.2 Å². The zero-order chi connectivity index (χ0) is 12.3. The van der Waals surface area contributed by atoms with Crippen LogP contribution in [0.25, 0.3) is 0 Å². The van der Waals surface area contributed by atoms with E-state index < -0.39 is 0 Å². The van der Waals surface area contributed by atoms with Crippen LogP contribution in [0, 0.1) is 17.8 Å². The van der Waals surface area contributed by atoms with Crippen LogP contribution < -0.4 is 5.32 Å². The zero-order valence-electron chi connectivity index (χ0n) is 10.9. The summed E-state index contributed by atoms with van der Waals surface area (Å²) >= 11 is 0. The van der Waals surface area contributed by atoms with E-state index in [0.29, 0.717) is 12.5 Å². The molecule has 1 heterocycles. The number of nitrogens with one attached hydrogen (secondary N) is 1. The molecule has 1 saturated heterocycles. The van der Waals surface area contributed by atoms with E-state index in [4.69, 9.17) is 4.74 Å². The Kier molecular flexibility index (Phi) is 4.40. The van der Waals surface area contributed by atoms with E-state index in [1.54, 1.807) is 0 Å². The fourth-order valence-corrected chi connectivity index (χ4v) is 2.27. The van der Waals surface area contributed by atoms with Crippen LogP contribution in [0.15, 0.2) is 0 Å². The molecule has 1 amide bonds. The molecule has 2 atom stereocenters. The molecule has 2 rings (SSSR count). The van der Waals surface area contributed by atoms with Crippen LogP contribution in [0.2, 0.25) is 0 Å². The first-order chi connectivity index (χ1) is 8.18. The third-order valence-electron chi connectivity index (χ3n) is 3.83. The molecule has 1 N–H and O–H groups in total. The Morgan fingerprint density at radius 1 is 1.41 bits per heavy atom. The first-order valence-electron chi connectivity index (χ1n) is 6.72. The largest absolute Gasteiger partial charge is 0.379 e. The number of likely N-dealkylation sites (N-methyl/N-ethyl adjacent to an activating group) is 1.